The fraction of sp³-hybridized carbons (Fsp3) is 0.476. The molecule has 4 heterocycles. The van der Waals surface area contributed by atoms with Crippen molar-refractivity contribution in [3.8, 4) is 17.2 Å². The third kappa shape index (κ3) is 3.09. The molecule has 2 N–H and O–H groups in total. The summed E-state index contributed by atoms with van der Waals surface area (Å²) in [4.78, 5) is 24.8. The van der Waals surface area contributed by atoms with Gasteiger partial charge in [-0.3, -0.25) is 14.9 Å². The number of H-pyrrole nitrogens is 1. The second kappa shape index (κ2) is 7.13. The summed E-state index contributed by atoms with van der Waals surface area (Å²) >= 11 is 0. The predicted octanol–water partition coefficient (Wildman–Crippen LogP) is 1.60. The number of nitrogens with one attached hydrogen (secondary N) is 2. The maximum Gasteiger partial charge on any atom is 0.227 e. The first-order valence-corrected chi connectivity index (χ1v) is 10.3. The molecule has 1 amide bonds. The molecular weight excluding hydrogens is 380 g/mol. The van der Waals surface area contributed by atoms with Crippen molar-refractivity contribution in [3.63, 3.8) is 0 Å². The molecule has 9 nitrogen and oxygen atoms in total. The van der Waals surface area contributed by atoms with Crippen LogP contribution in [0.3, 0.4) is 0 Å². The van der Waals surface area contributed by atoms with Crippen molar-refractivity contribution in [3.05, 3.63) is 30.4 Å². The molecule has 2 saturated heterocycles. The quantitative estimate of drug-likeness (QED) is 0.594. The largest absolute Gasteiger partial charge is 0.358 e. The van der Waals surface area contributed by atoms with Gasteiger partial charge in [-0.05, 0) is 25.3 Å². The molecular formula is C21H24N8O. The molecule has 3 aliphatic rings. The molecule has 3 fully saturated rings. The van der Waals surface area contributed by atoms with Crippen LogP contribution in [0.25, 0.3) is 11.1 Å². The van der Waals surface area contributed by atoms with Gasteiger partial charge in [-0.1, -0.05) is 0 Å². The van der Waals surface area contributed by atoms with E-state index in [0.717, 1.165) is 41.8 Å². The Morgan fingerprint density at radius 3 is 2.73 bits per heavy atom. The Morgan fingerprint density at radius 1 is 1.37 bits per heavy atom. The van der Waals surface area contributed by atoms with Crippen LogP contribution in [-0.4, -0.2) is 67.8 Å². The Bertz CT molecular complexity index is 1050. The second-order valence-corrected chi connectivity index (χ2v) is 8.40. The van der Waals surface area contributed by atoms with Crippen LogP contribution in [0.5, 0.6) is 0 Å². The number of likely N-dealkylation sites (tertiary alicyclic amines) is 1. The third-order valence-corrected chi connectivity index (χ3v) is 6.46. The highest BCUT2D eigenvalue weighted by molar-refractivity contribution is 6.02. The van der Waals surface area contributed by atoms with Crippen LogP contribution >= 0.6 is 0 Å². The number of rotatable bonds is 4. The Hall–Kier alpha value is -3.41. The third-order valence-electron chi connectivity index (χ3n) is 6.46. The van der Waals surface area contributed by atoms with E-state index in [-0.39, 0.29) is 29.8 Å². The Labute approximate surface area is 174 Å². The van der Waals surface area contributed by atoms with Crippen molar-refractivity contribution in [2.45, 2.75) is 31.3 Å². The highest BCUT2D eigenvalue weighted by Crippen LogP contribution is 2.42. The topological polar surface area (TPSA) is 117 Å². The van der Waals surface area contributed by atoms with E-state index in [0.29, 0.717) is 19.5 Å². The number of aromatic nitrogens is 3. The lowest BCUT2D eigenvalue weighted by molar-refractivity contribution is -0.137. The number of carbonyl (C=O) groups is 1. The predicted molar refractivity (Wildman–Crippen MR) is 111 cm³/mol. The smallest absolute Gasteiger partial charge is 0.227 e. The second-order valence-electron chi connectivity index (χ2n) is 8.40. The fourth-order valence-corrected chi connectivity index (χ4v) is 4.88. The van der Waals surface area contributed by atoms with Crippen LogP contribution in [0.4, 0.5) is 0 Å². The van der Waals surface area contributed by atoms with Crippen molar-refractivity contribution >= 4 is 18.1 Å². The summed E-state index contributed by atoms with van der Waals surface area (Å²) in [5, 5.41) is 20.9. The summed E-state index contributed by atoms with van der Waals surface area (Å²) in [6.45, 7) is 1.39. The number of piperazine rings is 1. The zero-order valence-electron chi connectivity index (χ0n) is 16.8. The minimum atomic E-state index is -0.107. The van der Waals surface area contributed by atoms with Gasteiger partial charge in [0.2, 0.25) is 5.91 Å². The first-order valence-electron chi connectivity index (χ1n) is 10.3. The van der Waals surface area contributed by atoms with E-state index in [1.165, 1.54) is 0 Å². The molecule has 1 saturated carbocycles. The highest BCUT2D eigenvalue weighted by Gasteiger charge is 2.51. The van der Waals surface area contributed by atoms with Gasteiger partial charge in [0.05, 0.1) is 29.8 Å². The normalized spacial score (nSPS) is 27.8. The maximum atomic E-state index is 12.9. The van der Waals surface area contributed by atoms with Crippen LogP contribution in [0.15, 0.2) is 29.6 Å². The van der Waals surface area contributed by atoms with E-state index in [1.807, 2.05) is 36.6 Å². The van der Waals surface area contributed by atoms with Gasteiger partial charge in [0.1, 0.15) is 6.34 Å². The van der Waals surface area contributed by atoms with Gasteiger partial charge >= 0.3 is 0 Å². The lowest BCUT2D eigenvalue weighted by Crippen LogP contribution is -2.57. The summed E-state index contributed by atoms with van der Waals surface area (Å²) < 4.78 is 1.76. The van der Waals surface area contributed by atoms with E-state index < -0.39 is 0 Å². The number of aryl methyl sites for hydroxylation is 1. The number of nitrogens with zero attached hydrogens (tertiary/aromatic N) is 6. The van der Waals surface area contributed by atoms with Crippen LogP contribution in [0.2, 0.25) is 0 Å². The van der Waals surface area contributed by atoms with Gasteiger partial charge in [-0.25, -0.2) is 4.99 Å². The average Bonchev–Trinajstić information content (AvgIpc) is 3.01. The van der Waals surface area contributed by atoms with Crippen molar-refractivity contribution in [1.29, 1.82) is 10.7 Å². The molecule has 9 heteroatoms. The number of amides is 1. The standard InChI is InChI=1S/C21H24N8O/c1-27-9-15(8-26-27)14-5-19(24-7-14)20(25-12-23)28-10-16-2-3-17(11-28)29(16)21(30)18-4-13(18)6-22/h5,7-9,12-13,16-18,23-24H,2-4,10-11H2,1H3/b23-12?,25-20+/t13-,16?,17?,18+/m0/s1. The minimum absolute atomic E-state index is 0.102. The van der Waals surface area contributed by atoms with Crippen LogP contribution < -0.4 is 0 Å². The number of amidine groups is 1. The van der Waals surface area contributed by atoms with Gasteiger partial charge < -0.3 is 14.8 Å². The number of aromatic amines is 1. The molecule has 2 aromatic rings. The van der Waals surface area contributed by atoms with Crippen molar-refractivity contribution in [1.82, 2.24) is 24.6 Å². The maximum absolute atomic E-state index is 12.9. The SMILES string of the molecule is Cn1cc(-c2c[nH]c(/C(=N\C=N)N3CC4CCC(C3)N4C(=O)[C@@H]3C[C@H]3C#N)c2)cn1. The van der Waals surface area contributed by atoms with Gasteiger partial charge in [0.25, 0.3) is 0 Å². The first kappa shape index (κ1) is 18.6. The van der Waals surface area contributed by atoms with E-state index in [1.54, 1.807) is 4.68 Å². The summed E-state index contributed by atoms with van der Waals surface area (Å²) in [5.74, 6) is 0.669. The van der Waals surface area contributed by atoms with Gasteiger partial charge in [-0.2, -0.15) is 10.4 Å². The molecule has 2 aliphatic heterocycles. The fourth-order valence-electron chi connectivity index (χ4n) is 4.88. The summed E-state index contributed by atoms with van der Waals surface area (Å²) in [5.41, 5.74) is 2.88. The Balaban J connectivity index is 1.35. The van der Waals surface area contributed by atoms with Crippen LogP contribution in [-0.2, 0) is 11.8 Å². The van der Waals surface area contributed by atoms with E-state index >= 15 is 0 Å². The average molecular weight is 404 g/mol. The Kier molecular flexibility index (Phi) is 4.42. The summed E-state index contributed by atoms with van der Waals surface area (Å²) in [6.07, 6.45) is 9.42. The number of nitriles is 1. The molecule has 30 heavy (non-hydrogen) atoms. The number of carbonyl (C=O) groups excluding carboxylic acids is 1. The van der Waals surface area contributed by atoms with E-state index in [4.69, 9.17) is 10.7 Å². The van der Waals surface area contributed by atoms with Crippen molar-refractivity contribution in [2.24, 2.45) is 23.9 Å². The number of hydrogen-bond donors (Lipinski definition) is 2. The van der Waals surface area contributed by atoms with E-state index in [9.17, 15) is 4.79 Å². The molecule has 154 valence electrons. The van der Waals surface area contributed by atoms with E-state index in [2.05, 4.69) is 26.0 Å². The Morgan fingerprint density at radius 2 is 2.13 bits per heavy atom. The lowest BCUT2D eigenvalue weighted by atomic mass is 10.1. The molecule has 5 rings (SSSR count). The molecule has 1 aliphatic carbocycles. The zero-order chi connectivity index (χ0) is 20.8. The minimum Gasteiger partial charge on any atom is -0.358 e. The monoisotopic (exact) mass is 404 g/mol. The molecule has 0 spiro atoms. The van der Waals surface area contributed by atoms with Crippen LogP contribution in [0.1, 0.15) is 25.0 Å². The molecule has 2 aromatic heterocycles. The molecule has 2 unspecified atom stereocenters. The number of aliphatic imine (C=N–C) groups is 1. The number of hydrogen-bond acceptors (Lipinski definition) is 4. The molecule has 4 atom stereocenters. The summed E-state index contributed by atoms with van der Waals surface area (Å²) in [6, 6.07) is 4.54. The number of fused-ring (bicyclic) bond motifs is 2. The first-order chi connectivity index (χ1) is 14.6. The zero-order valence-corrected chi connectivity index (χ0v) is 16.8. The summed E-state index contributed by atoms with van der Waals surface area (Å²) in [7, 11) is 1.88. The molecule has 0 radical (unpaired) electrons. The van der Waals surface area contributed by atoms with Crippen molar-refractivity contribution in [2.75, 3.05) is 13.1 Å². The van der Waals surface area contributed by atoms with Gasteiger partial charge in [0.15, 0.2) is 5.84 Å². The van der Waals surface area contributed by atoms with Crippen LogP contribution in [0, 0.1) is 28.6 Å². The molecule has 2 bridgehead atoms. The molecule has 0 aromatic carbocycles. The van der Waals surface area contributed by atoms with Crippen molar-refractivity contribution < 1.29 is 4.79 Å². The van der Waals surface area contributed by atoms with Gasteiger partial charge in [0, 0.05) is 55.7 Å². The lowest BCUT2D eigenvalue weighted by Gasteiger charge is -2.42. The van der Waals surface area contributed by atoms with Gasteiger partial charge in [-0.15, -0.1) is 0 Å². The highest BCUT2D eigenvalue weighted by atomic mass is 16.2.